The van der Waals surface area contributed by atoms with Crippen molar-refractivity contribution in [1.82, 2.24) is 20.1 Å². The van der Waals surface area contributed by atoms with Crippen molar-refractivity contribution >= 4 is 35.8 Å². The zero-order chi connectivity index (χ0) is 18.2. The van der Waals surface area contributed by atoms with Crippen LogP contribution in [-0.4, -0.2) is 79.6 Å². The van der Waals surface area contributed by atoms with Crippen LogP contribution in [0.25, 0.3) is 0 Å². The number of hydrogen-bond donors (Lipinski definition) is 1. The Morgan fingerprint density at radius 1 is 1.15 bits per heavy atom. The van der Waals surface area contributed by atoms with Crippen LogP contribution >= 0.6 is 24.0 Å². The van der Waals surface area contributed by atoms with Crippen LogP contribution in [0, 0.1) is 5.92 Å². The van der Waals surface area contributed by atoms with E-state index in [0.717, 1.165) is 51.0 Å². The SMILES string of the molecule is CCNC(=NCC(C)CN1CCCC1)N1CCN(c2ccccn2)CC1.I. The van der Waals surface area contributed by atoms with Crippen molar-refractivity contribution in [1.29, 1.82) is 0 Å². The molecule has 2 aliphatic rings. The normalized spacial score (nSPS) is 19.7. The minimum atomic E-state index is 0. The molecule has 1 N–H and O–H groups in total. The summed E-state index contributed by atoms with van der Waals surface area (Å²) in [5.74, 6) is 2.76. The largest absolute Gasteiger partial charge is 0.357 e. The van der Waals surface area contributed by atoms with Gasteiger partial charge in [0.25, 0.3) is 0 Å². The van der Waals surface area contributed by atoms with Crippen molar-refractivity contribution in [2.75, 3.05) is 63.8 Å². The van der Waals surface area contributed by atoms with Crippen molar-refractivity contribution < 1.29 is 0 Å². The Morgan fingerprint density at radius 3 is 2.52 bits per heavy atom. The number of aliphatic imine (C=N–C) groups is 1. The van der Waals surface area contributed by atoms with Gasteiger partial charge in [-0.15, -0.1) is 24.0 Å². The van der Waals surface area contributed by atoms with Gasteiger partial charge in [0.1, 0.15) is 5.82 Å². The summed E-state index contributed by atoms with van der Waals surface area (Å²) in [4.78, 5) is 16.8. The molecule has 3 heterocycles. The smallest absolute Gasteiger partial charge is 0.194 e. The van der Waals surface area contributed by atoms with E-state index in [2.05, 4.69) is 51.0 Å². The first-order chi connectivity index (χ1) is 12.8. The number of anilines is 1. The summed E-state index contributed by atoms with van der Waals surface area (Å²) in [5.41, 5.74) is 0. The minimum absolute atomic E-state index is 0. The van der Waals surface area contributed by atoms with Crippen LogP contribution < -0.4 is 10.2 Å². The predicted molar refractivity (Wildman–Crippen MR) is 124 cm³/mol. The maximum absolute atomic E-state index is 4.95. The Hall–Kier alpha value is -1.09. The minimum Gasteiger partial charge on any atom is -0.357 e. The molecular formula is C20H35IN6. The van der Waals surface area contributed by atoms with E-state index in [9.17, 15) is 0 Å². The van der Waals surface area contributed by atoms with Crippen molar-refractivity contribution in [3.05, 3.63) is 24.4 Å². The van der Waals surface area contributed by atoms with E-state index in [4.69, 9.17) is 4.99 Å². The lowest BCUT2D eigenvalue weighted by Crippen LogP contribution is -2.52. The fourth-order valence-corrected chi connectivity index (χ4v) is 3.82. The highest BCUT2D eigenvalue weighted by Gasteiger charge is 2.21. The van der Waals surface area contributed by atoms with Crippen LogP contribution in [0.15, 0.2) is 29.4 Å². The third-order valence-corrected chi connectivity index (χ3v) is 5.21. The van der Waals surface area contributed by atoms with Crippen LogP contribution in [0.5, 0.6) is 0 Å². The van der Waals surface area contributed by atoms with E-state index in [0.29, 0.717) is 5.92 Å². The first-order valence-corrected chi connectivity index (χ1v) is 10.2. The number of pyridine rings is 1. The van der Waals surface area contributed by atoms with E-state index in [-0.39, 0.29) is 24.0 Å². The standard InChI is InChI=1S/C20H34N6.HI/c1-3-21-20(23-16-18(2)17-24-10-6-7-11-24)26-14-12-25(13-15-26)19-8-4-5-9-22-19;/h4-5,8-9,18H,3,6-7,10-17H2,1-2H3,(H,21,23);1H. The number of guanidine groups is 1. The summed E-state index contributed by atoms with van der Waals surface area (Å²) in [6.45, 7) is 14.0. The molecule has 1 aromatic heterocycles. The molecule has 0 amide bonds. The maximum atomic E-state index is 4.95. The van der Waals surface area contributed by atoms with Gasteiger partial charge in [-0.05, 0) is 50.9 Å². The number of aromatic nitrogens is 1. The van der Waals surface area contributed by atoms with E-state index in [1.165, 1.54) is 32.5 Å². The molecule has 2 saturated heterocycles. The van der Waals surface area contributed by atoms with Gasteiger partial charge in [-0.3, -0.25) is 4.99 Å². The van der Waals surface area contributed by atoms with Crippen molar-refractivity contribution in [2.45, 2.75) is 26.7 Å². The lowest BCUT2D eigenvalue weighted by Gasteiger charge is -2.37. The third kappa shape index (κ3) is 6.78. The van der Waals surface area contributed by atoms with Gasteiger partial charge in [0.15, 0.2) is 5.96 Å². The lowest BCUT2D eigenvalue weighted by atomic mass is 10.2. The number of nitrogens with zero attached hydrogens (tertiary/aromatic N) is 5. The lowest BCUT2D eigenvalue weighted by molar-refractivity contribution is 0.290. The Morgan fingerprint density at radius 2 is 1.89 bits per heavy atom. The second-order valence-corrected chi connectivity index (χ2v) is 7.47. The molecule has 1 atom stereocenters. The number of likely N-dealkylation sites (tertiary alicyclic amines) is 1. The molecule has 0 bridgehead atoms. The average Bonchev–Trinajstić information content (AvgIpc) is 3.19. The Bertz CT molecular complexity index is 553. The summed E-state index contributed by atoms with van der Waals surface area (Å²) < 4.78 is 0. The van der Waals surface area contributed by atoms with Gasteiger partial charge in [0, 0.05) is 52.0 Å². The quantitative estimate of drug-likeness (QED) is 0.381. The molecule has 27 heavy (non-hydrogen) atoms. The van der Waals surface area contributed by atoms with Crippen LogP contribution in [-0.2, 0) is 0 Å². The topological polar surface area (TPSA) is 47.0 Å². The van der Waals surface area contributed by atoms with Crippen molar-refractivity contribution in [3.63, 3.8) is 0 Å². The molecule has 0 aromatic carbocycles. The van der Waals surface area contributed by atoms with Gasteiger partial charge in [-0.25, -0.2) is 4.98 Å². The van der Waals surface area contributed by atoms with Gasteiger partial charge in [-0.1, -0.05) is 13.0 Å². The summed E-state index contributed by atoms with van der Waals surface area (Å²) in [7, 11) is 0. The molecule has 1 unspecified atom stereocenters. The second-order valence-electron chi connectivity index (χ2n) is 7.47. The van der Waals surface area contributed by atoms with Gasteiger partial charge in [-0.2, -0.15) is 0 Å². The molecule has 6 nitrogen and oxygen atoms in total. The van der Waals surface area contributed by atoms with E-state index < -0.39 is 0 Å². The van der Waals surface area contributed by atoms with Gasteiger partial charge in [0.2, 0.25) is 0 Å². The van der Waals surface area contributed by atoms with Crippen LogP contribution in [0.4, 0.5) is 5.82 Å². The number of halogens is 1. The fraction of sp³-hybridized carbons (Fsp3) is 0.700. The van der Waals surface area contributed by atoms with E-state index in [1.54, 1.807) is 0 Å². The Balaban J connectivity index is 0.00000261. The molecular weight excluding hydrogens is 451 g/mol. The molecule has 7 heteroatoms. The van der Waals surface area contributed by atoms with E-state index in [1.807, 2.05) is 12.3 Å². The number of hydrogen-bond acceptors (Lipinski definition) is 4. The van der Waals surface area contributed by atoms with Gasteiger partial charge in [0.05, 0.1) is 0 Å². The third-order valence-electron chi connectivity index (χ3n) is 5.21. The Labute approximate surface area is 181 Å². The zero-order valence-corrected chi connectivity index (χ0v) is 19.1. The second kappa shape index (κ2) is 11.7. The van der Waals surface area contributed by atoms with Crippen LogP contribution in [0.1, 0.15) is 26.7 Å². The molecule has 2 aliphatic heterocycles. The summed E-state index contributed by atoms with van der Waals surface area (Å²) in [6.07, 6.45) is 4.59. The molecule has 0 spiro atoms. The summed E-state index contributed by atoms with van der Waals surface area (Å²) in [6, 6.07) is 6.12. The van der Waals surface area contributed by atoms with E-state index >= 15 is 0 Å². The van der Waals surface area contributed by atoms with Crippen molar-refractivity contribution in [2.24, 2.45) is 10.9 Å². The maximum Gasteiger partial charge on any atom is 0.194 e. The highest BCUT2D eigenvalue weighted by Crippen LogP contribution is 2.13. The summed E-state index contributed by atoms with van der Waals surface area (Å²) in [5, 5.41) is 3.48. The first kappa shape index (κ1) is 22.2. The molecule has 2 fully saturated rings. The van der Waals surface area contributed by atoms with Crippen molar-refractivity contribution in [3.8, 4) is 0 Å². The number of rotatable bonds is 6. The molecule has 152 valence electrons. The Kier molecular flexibility index (Phi) is 9.61. The van der Waals surface area contributed by atoms with Gasteiger partial charge >= 0.3 is 0 Å². The molecule has 0 radical (unpaired) electrons. The predicted octanol–water partition coefficient (Wildman–Crippen LogP) is 2.52. The van der Waals surface area contributed by atoms with Gasteiger partial charge < -0.3 is 20.0 Å². The highest BCUT2D eigenvalue weighted by molar-refractivity contribution is 14.0. The monoisotopic (exact) mass is 486 g/mol. The zero-order valence-electron chi connectivity index (χ0n) is 16.8. The fourth-order valence-electron chi connectivity index (χ4n) is 3.82. The molecule has 0 saturated carbocycles. The highest BCUT2D eigenvalue weighted by atomic mass is 127. The molecule has 1 aromatic rings. The first-order valence-electron chi connectivity index (χ1n) is 10.2. The number of nitrogens with one attached hydrogen (secondary N) is 1. The molecule has 0 aliphatic carbocycles. The van der Waals surface area contributed by atoms with Crippen LogP contribution in [0.3, 0.4) is 0 Å². The number of piperazine rings is 1. The average molecular weight is 486 g/mol. The molecule has 3 rings (SSSR count). The van der Waals surface area contributed by atoms with Crippen LogP contribution in [0.2, 0.25) is 0 Å². The summed E-state index contributed by atoms with van der Waals surface area (Å²) >= 11 is 0.